The number of rotatable bonds is 6. The summed E-state index contributed by atoms with van der Waals surface area (Å²) in [4.78, 5) is 6.10. The number of thioether (sulfide) groups is 1. The Morgan fingerprint density at radius 2 is 0.884 bits per heavy atom. The Labute approximate surface area is 259 Å². The standard InChI is InChI=1S/C36H22F4S3/c37-27-15-25(16-28(38)19-27)21-1-5-23(6-2-21)31-9-11-33(41-31)35-13-14-36(43-35)34-12-10-32(42-34)24-7-3-22(4-8-24)26-17-29(39)20-30(40)18-26/h1-13,15-20,36H,14H2. The van der Waals surface area contributed by atoms with Crippen molar-refractivity contribution in [2.24, 2.45) is 0 Å². The van der Waals surface area contributed by atoms with Gasteiger partial charge in [-0.05, 0) is 88.3 Å². The smallest absolute Gasteiger partial charge is 0.126 e. The topological polar surface area (TPSA) is 0 Å². The predicted molar refractivity (Wildman–Crippen MR) is 173 cm³/mol. The zero-order valence-corrected chi connectivity index (χ0v) is 24.9. The van der Waals surface area contributed by atoms with Gasteiger partial charge in [-0.3, -0.25) is 0 Å². The monoisotopic (exact) mass is 626 g/mol. The van der Waals surface area contributed by atoms with E-state index in [2.05, 4.69) is 30.3 Å². The van der Waals surface area contributed by atoms with Gasteiger partial charge in [-0.25, -0.2) is 17.6 Å². The van der Waals surface area contributed by atoms with E-state index in [0.29, 0.717) is 16.4 Å². The van der Waals surface area contributed by atoms with E-state index in [9.17, 15) is 17.6 Å². The van der Waals surface area contributed by atoms with Gasteiger partial charge < -0.3 is 0 Å². The average Bonchev–Trinajstić information content (AvgIpc) is 3.77. The van der Waals surface area contributed by atoms with Gasteiger partial charge in [-0.2, -0.15) is 0 Å². The normalized spacial score (nSPS) is 14.7. The van der Waals surface area contributed by atoms with Crippen molar-refractivity contribution < 1.29 is 17.6 Å². The van der Waals surface area contributed by atoms with Crippen LogP contribution in [-0.4, -0.2) is 0 Å². The van der Waals surface area contributed by atoms with Crippen LogP contribution in [0.25, 0.3) is 48.0 Å². The summed E-state index contributed by atoms with van der Waals surface area (Å²) in [7, 11) is 0. The van der Waals surface area contributed by atoms with Gasteiger partial charge in [-0.1, -0.05) is 54.6 Å². The largest absolute Gasteiger partial charge is 0.207 e. The summed E-state index contributed by atoms with van der Waals surface area (Å²) in [6, 6.07) is 31.3. The molecule has 43 heavy (non-hydrogen) atoms. The Morgan fingerprint density at radius 1 is 0.442 bits per heavy atom. The van der Waals surface area contributed by atoms with E-state index in [1.165, 1.54) is 38.9 Å². The number of hydrogen-bond acceptors (Lipinski definition) is 3. The molecule has 7 rings (SSSR count). The van der Waals surface area contributed by atoms with Crippen molar-refractivity contribution in [2.75, 3.05) is 0 Å². The van der Waals surface area contributed by atoms with Crippen LogP contribution in [0.4, 0.5) is 17.6 Å². The first-order valence-electron chi connectivity index (χ1n) is 13.6. The molecule has 0 amide bonds. The molecule has 0 bridgehead atoms. The second-order valence-corrected chi connectivity index (χ2v) is 13.7. The van der Waals surface area contributed by atoms with E-state index in [1.807, 2.05) is 60.3 Å². The van der Waals surface area contributed by atoms with Crippen LogP contribution in [0.2, 0.25) is 0 Å². The number of thiophene rings is 2. The molecule has 0 aliphatic carbocycles. The summed E-state index contributed by atoms with van der Waals surface area (Å²) in [5, 5.41) is 0.347. The van der Waals surface area contributed by atoms with Gasteiger partial charge in [0.15, 0.2) is 0 Å². The summed E-state index contributed by atoms with van der Waals surface area (Å²) in [5.74, 6) is -2.34. The first-order chi connectivity index (χ1) is 20.9. The number of hydrogen-bond donors (Lipinski definition) is 0. The van der Waals surface area contributed by atoms with Crippen molar-refractivity contribution in [3.8, 4) is 43.1 Å². The van der Waals surface area contributed by atoms with Crippen molar-refractivity contribution in [3.63, 3.8) is 0 Å². The minimum atomic E-state index is -0.587. The third-order valence-electron chi connectivity index (χ3n) is 7.31. The zero-order chi connectivity index (χ0) is 29.5. The molecule has 0 saturated carbocycles. The van der Waals surface area contributed by atoms with E-state index < -0.39 is 23.3 Å². The quantitative estimate of drug-likeness (QED) is 0.166. The summed E-state index contributed by atoms with van der Waals surface area (Å²) >= 11 is 5.39. The van der Waals surface area contributed by atoms with Gasteiger partial charge >= 0.3 is 0 Å². The molecule has 6 aromatic rings. The van der Waals surface area contributed by atoms with Crippen molar-refractivity contribution in [1.29, 1.82) is 0 Å². The highest BCUT2D eigenvalue weighted by Crippen LogP contribution is 2.52. The van der Waals surface area contributed by atoms with E-state index in [0.717, 1.165) is 50.6 Å². The molecule has 0 radical (unpaired) electrons. The first kappa shape index (κ1) is 27.9. The lowest BCUT2D eigenvalue weighted by Crippen LogP contribution is -1.84. The van der Waals surface area contributed by atoms with E-state index >= 15 is 0 Å². The Kier molecular flexibility index (Phi) is 7.55. The number of allylic oxidation sites excluding steroid dienone is 1. The minimum absolute atomic E-state index is 0.347. The Hall–Kier alpha value is -3.91. The SMILES string of the molecule is Fc1cc(F)cc(-c2ccc(-c3ccc(C4=CCC(c5ccc(-c6ccc(-c7cc(F)cc(F)c7)cc6)s5)S4)s3)cc2)c1. The molecule has 1 unspecified atom stereocenters. The third kappa shape index (κ3) is 5.98. The Balaban J connectivity index is 1.02. The van der Waals surface area contributed by atoms with Crippen LogP contribution in [0.15, 0.2) is 115 Å². The Morgan fingerprint density at radius 3 is 1.42 bits per heavy atom. The van der Waals surface area contributed by atoms with Crippen LogP contribution < -0.4 is 0 Å². The van der Waals surface area contributed by atoms with Crippen molar-refractivity contribution in [3.05, 3.63) is 148 Å². The summed E-state index contributed by atoms with van der Waals surface area (Å²) in [6.45, 7) is 0. The van der Waals surface area contributed by atoms with Crippen LogP contribution in [0.1, 0.15) is 21.4 Å². The van der Waals surface area contributed by atoms with Crippen molar-refractivity contribution >= 4 is 39.3 Å². The van der Waals surface area contributed by atoms with Gasteiger partial charge in [0, 0.05) is 41.8 Å². The molecule has 4 aromatic carbocycles. The highest BCUT2D eigenvalue weighted by atomic mass is 32.2. The molecule has 1 aliphatic heterocycles. The Bertz CT molecular complexity index is 1930. The fourth-order valence-electron chi connectivity index (χ4n) is 5.20. The third-order valence-corrected chi connectivity index (χ3v) is 11.4. The maximum Gasteiger partial charge on any atom is 0.126 e. The summed E-state index contributed by atoms with van der Waals surface area (Å²) < 4.78 is 54.6. The average molecular weight is 627 g/mol. The van der Waals surface area contributed by atoms with Crippen molar-refractivity contribution in [1.82, 2.24) is 0 Å². The molecule has 0 fully saturated rings. The number of benzene rings is 4. The molecule has 2 aromatic heterocycles. The zero-order valence-electron chi connectivity index (χ0n) is 22.5. The lowest BCUT2D eigenvalue weighted by atomic mass is 10.0. The van der Waals surface area contributed by atoms with Gasteiger partial charge in [0.2, 0.25) is 0 Å². The van der Waals surface area contributed by atoms with Crippen molar-refractivity contribution in [2.45, 2.75) is 11.7 Å². The summed E-state index contributed by atoms with van der Waals surface area (Å²) in [6.07, 6.45) is 3.26. The summed E-state index contributed by atoms with van der Waals surface area (Å²) in [5.41, 5.74) is 4.71. The molecule has 1 aliphatic rings. The number of halogens is 4. The van der Waals surface area contributed by atoms with Crippen LogP contribution >= 0.6 is 34.4 Å². The van der Waals surface area contributed by atoms with Crippen LogP contribution in [0.5, 0.6) is 0 Å². The fraction of sp³-hybridized carbons (Fsp3) is 0.0556. The van der Waals surface area contributed by atoms with Gasteiger partial charge in [0.25, 0.3) is 0 Å². The molecule has 7 heteroatoms. The predicted octanol–water partition coefficient (Wildman–Crippen LogP) is 12.3. The first-order valence-corrected chi connectivity index (χ1v) is 16.1. The van der Waals surface area contributed by atoms with Gasteiger partial charge in [-0.15, -0.1) is 34.4 Å². The van der Waals surface area contributed by atoms with Crippen LogP contribution in [0, 0.1) is 23.3 Å². The highest BCUT2D eigenvalue weighted by Gasteiger charge is 2.23. The maximum absolute atomic E-state index is 13.6. The molecular weight excluding hydrogens is 605 g/mol. The van der Waals surface area contributed by atoms with Crippen LogP contribution in [0.3, 0.4) is 0 Å². The molecule has 212 valence electrons. The molecule has 1 atom stereocenters. The molecule has 0 N–H and O–H groups in total. The second kappa shape index (κ2) is 11.6. The maximum atomic E-state index is 13.6. The van der Waals surface area contributed by atoms with Gasteiger partial charge in [0.05, 0.1) is 0 Å². The van der Waals surface area contributed by atoms with Crippen LogP contribution in [-0.2, 0) is 0 Å². The molecular formula is C36H22F4S3. The van der Waals surface area contributed by atoms with E-state index in [4.69, 9.17) is 0 Å². The van der Waals surface area contributed by atoms with Gasteiger partial charge in [0.1, 0.15) is 23.3 Å². The molecule has 0 saturated heterocycles. The van der Waals surface area contributed by atoms with E-state index in [-0.39, 0.29) is 0 Å². The molecule has 3 heterocycles. The lowest BCUT2D eigenvalue weighted by Gasteiger charge is -2.07. The minimum Gasteiger partial charge on any atom is -0.207 e. The second-order valence-electron chi connectivity index (χ2n) is 10.2. The molecule has 0 spiro atoms. The molecule has 0 nitrogen and oxygen atoms in total. The highest BCUT2D eigenvalue weighted by molar-refractivity contribution is 8.09. The fourth-order valence-corrected chi connectivity index (χ4v) is 8.78. The lowest BCUT2D eigenvalue weighted by molar-refractivity contribution is 0.583. The van der Waals surface area contributed by atoms with E-state index in [1.54, 1.807) is 22.7 Å².